The summed E-state index contributed by atoms with van der Waals surface area (Å²) in [6.45, 7) is 0. The first-order valence-corrected chi connectivity index (χ1v) is 11.4. The molecular weight excluding hydrogens is 519 g/mol. The zero-order valence-electron chi connectivity index (χ0n) is 16.8. The smallest absolute Gasteiger partial charge is 0.325 e. The highest BCUT2D eigenvalue weighted by atomic mass is 79.9. The molecule has 168 valence electrons. The fourth-order valence-corrected chi connectivity index (χ4v) is 4.26. The summed E-state index contributed by atoms with van der Waals surface area (Å²) >= 11 is 4.32. The monoisotopic (exact) mass is 533 g/mol. The van der Waals surface area contributed by atoms with Crippen LogP contribution in [0.15, 0.2) is 87.2 Å². The molecule has 0 saturated heterocycles. The summed E-state index contributed by atoms with van der Waals surface area (Å²) in [6.07, 6.45) is -4.60. The molecule has 3 aromatic carbocycles. The number of thioether (sulfide) groups is 1. The van der Waals surface area contributed by atoms with Crippen molar-refractivity contribution < 1.29 is 18.0 Å². The lowest BCUT2D eigenvalue weighted by Crippen LogP contribution is -2.23. The number of carbonyl (C=O) groups excluding carboxylic acids is 1. The van der Waals surface area contributed by atoms with E-state index in [-0.39, 0.29) is 22.2 Å². The molecule has 1 amide bonds. The van der Waals surface area contributed by atoms with Crippen molar-refractivity contribution in [3.8, 4) is 5.69 Å². The van der Waals surface area contributed by atoms with Crippen LogP contribution in [0, 0.1) is 0 Å². The van der Waals surface area contributed by atoms with Crippen molar-refractivity contribution in [2.75, 3.05) is 11.1 Å². The fraction of sp³-hybridized carbons (Fsp3) is 0.0870. The Balaban J connectivity index is 1.65. The van der Waals surface area contributed by atoms with Gasteiger partial charge in [0.2, 0.25) is 5.91 Å². The van der Waals surface area contributed by atoms with Gasteiger partial charge in [-0.1, -0.05) is 52.0 Å². The third kappa shape index (κ3) is 5.12. The fourth-order valence-electron chi connectivity index (χ4n) is 3.18. The Kier molecular flexibility index (Phi) is 6.57. The number of anilines is 1. The van der Waals surface area contributed by atoms with Gasteiger partial charge in [-0.3, -0.25) is 14.2 Å². The van der Waals surface area contributed by atoms with E-state index in [4.69, 9.17) is 0 Å². The molecule has 0 atom stereocenters. The molecule has 0 saturated carbocycles. The standard InChI is InChI=1S/C23H15BrF3N3O2S/c24-14-9-11-15(12-10-14)30-21(32)16-5-1-3-7-18(16)29-22(30)33-13-20(31)28-19-8-4-2-6-17(19)23(25,26)27/h1-12H,13H2,(H,28,31). The average molecular weight is 534 g/mol. The second kappa shape index (κ2) is 9.40. The van der Waals surface area contributed by atoms with Gasteiger partial charge in [0.25, 0.3) is 5.56 Å². The van der Waals surface area contributed by atoms with Crippen LogP contribution in [-0.4, -0.2) is 21.2 Å². The predicted molar refractivity (Wildman–Crippen MR) is 126 cm³/mol. The second-order valence-corrected chi connectivity index (χ2v) is 8.77. The summed E-state index contributed by atoms with van der Waals surface area (Å²) in [4.78, 5) is 30.2. The minimum atomic E-state index is -4.60. The van der Waals surface area contributed by atoms with Crippen molar-refractivity contribution >= 4 is 50.2 Å². The van der Waals surface area contributed by atoms with Crippen molar-refractivity contribution in [1.82, 2.24) is 9.55 Å². The zero-order chi connectivity index (χ0) is 23.6. The Morgan fingerprint density at radius 1 is 1.00 bits per heavy atom. The molecular formula is C23H15BrF3N3O2S. The first kappa shape index (κ1) is 23.1. The quantitative estimate of drug-likeness (QED) is 0.256. The number of fused-ring (bicyclic) bond motifs is 1. The van der Waals surface area contributed by atoms with E-state index in [1.54, 1.807) is 48.5 Å². The normalized spacial score (nSPS) is 11.5. The van der Waals surface area contributed by atoms with Crippen molar-refractivity contribution in [3.05, 3.63) is 93.2 Å². The van der Waals surface area contributed by atoms with Gasteiger partial charge in [-0.05, 0) is 48.5 Å². The summed E-state index contributed by atoms with van der Waals surface area (Å²) < 4.78 is 41.8. The van der Waals surface area contributed by atoms with E-state index in [9.17, 15) is 22.8 Å². The molecule has 0 unspecified atom stereocenters. The van der Waals surface area contributed by atoms with Crippen LogP contribution in [0.1, 0.15) is 5.56 Å². The van der Waals surface area contributed by atoms with E-state index in [0.717, 1.165) is 22.3 Å². The highest BCUT2D eigenvalue weighted by molar-refractivity contribution is 9.10. The number of amides is 1. The average Bonchev–Trinajstić information content (AvgIpc) is 2.78. The molecule has 0 radical (unpaired) electrons. The lowest BCUT2D eigenvalue weighted by molar-refractivity contribution is -0.137. The Labute approximate surface area is 198 Å². The molecule has 4 rings (SSSR count). The Morgan fingerprint density at radius 2 is 1.67 bits per heavy atom. The lowest BCUT2D eigenvalue weighted by Gasteiger charge is -2.15. The number of nitrogens with zero attached hydrogens (tertiary/aromatic N) is 2. The van der Waals surface area contributed by atoms with Gasteiger partial charge in [-0.2, -0.15) is 13.2 Å². The van der Waals surface area contributed by atoms with Crippen LogP contribution in [0.4, 0.5) is 18.9 Å². The molecule has 4 aromatic rings. The highest BCUT2D eigenvalue weighted by Crippen LogP contribution is 2.34. The van der Waals surface area contributed by atoms with Crippen LogP contribution in [0.2, 0.25) is 0 Å². The summed E-state index contributed by atoms with van der Waals surface area (Å²) in [5.74, 6) is -0.894. The predicted octanol–water partition coefficient (Wildman–Crippen LogP) is 5.90. The maximum atomic E-state index is 13.2. The van der Waals surface area contributed by atoms with E-state index in [0.29, 0.717) is 16.6 Å². The van der Waals surface area contributed by atoms with Crippen molar-refractivity contribution in [1.29, 1.82) is 0 Å². The van der Waals surface area contributed by atoms with Crippen molar-refractivity contribution in [2.24, 2.45) is 0 Å². The summed E-state index contributed by atoms with van der Waals surface area (Å²) in [7, 11) is 0. The Bertz CT molecular complexity index is 1390. The topological polar surface area (TPSA) is 64.0 Å². The van der Waals surface area contributed by atoms with Crippen molar-refractivity contribution in [3.63, 3.8) is 0 Å². The summed E-state index contributed by atoms with van der Waals surface area (Å²) in [6, 6.07) is 18.6. The number of rotatable bonds is 5. The lowest BCUT2D eigenvalue weighted by atomic mass is 10.1. The van der Waals surface area contributed by atoms with Crippen LogP contribution < -0.4 is 10.9 Å². The van der Waals surface area contributed by atoms with Gasteiger partial charge in [0, 0.05) is 4.47 Å². The molecule has 10 heteroatoms. The first-order valence-electron chi connectivity index (χ1n) is 9.60. The van der Waals surface area contributed by atoms with Gasteiger partial charge in [0.1, 0.15) is 0 Å². The molecule has 1 aromatic heterocycles. The molecule has 5 nitrogen and oxygen atoms in total. The van der Waals surface area contributed by atoms with Crippen LogP contribution in [0.25, 0.3) is 16.6 Å². The molecule has 0 aliphatic rings. The number of halogens is 4. The maximum absolute atomic E-state index is 13.2. The van der Waals surface area contributed by atoms with Gasteiger partial charge >= 0.3 is 6.18 Å². The van der Waals surface area contributed by atoms with E-state index in [1.807, 2.05) is 0 Å². The number of carbonyl (C=O) groups is 1. The van der Waals surface area contributed by atoms with Crippen molar-refractivity contribution in [2.45, 2.75) is 11.3 Å². The Morgan fingerprint density at radius 3 is 2.39 bits per heavy atom. The third-order valence-electron chi connectivity index (χ3n) is 4.67. The van der Waals surface area contributed by atoms with E-state index < -0.39 is 17.6 Å². The van der Waals surface area contributed by atoms with Crippen LogP contribution in [0.3, 0.4) is 0 Å². The van der Waals surface area contributed by atoms with Crippen LogP contribution in [-0.2, 0) is 11.0 Å². The number of hydrogen-bond donors (Lipinski definition) is 1. The molecule has 1 N–H and O–H groups in total. The van der Waals surface area contributed by atoms with E-state index in [2.05, 4.69) is 26.2 Å². The van der Waals surface area contributed by atoms with E-state index in [1.165, 1.54) is 22.8 Å². The number of hydrogen-bond acceptors (Lipinski definition) is 4. The van der Waals surface area contributed by atoms with Gasteiger partial charge < -0.3 is 5.32 Å². The Hall–Kier alpha value is -3.11. The van der Waals surface area contributed by atoms with Crippen LogP contribution >= 0.6 is 27.7 Å². The van der Waals surface area contributed by atoms with Gasteiger partial charge in [-0.15, -0.1) is 0 Å². The largest absolute Gasteiger partial charge is 0.418 e. The minimum Gasteiger partial charge on any atom is -0.325 e. The maximum Gasteiger partial charge on any atom is 0.418 e. The third-order valence-corrected chi connectivity index (χ3v) is 6.14. The minimum absolute atomic E-state index is 0.243. The summed E-state index contributed by atoms with van der Waals surface area (Å²) in [5.41, 5.74) is -0.562. The molecule has 1 heterocycles. The molecule has 0 aliphatic carbocycles. The second-order valence-electron chi connectivity index (χ2n) is 6.91. The van der Waals surface area contributed by atoms with Gasteiger partial charge in [-0.25, -0.2) is 4.98 Å². The first-order chi connectivity index (χ1) is 15.7. The number of nitrogens with one attached hydrogen (secondary N) is 1. The number of aromatic nitrogens is 2. The molecule has 0 aliphatic heterocycles. The SMILES string of the molecule is O=C(CSc1nc2ccccc2c(=O)n1-c1ccc(Br)cc1)Nc1ccccc1C(F)(F)F. The highest BCUT2D eigenvalue weighted by Gasteiger charge is 2.33. The zero-order valence-corrected chi connectivity index (χ0v) is 19.2. The van der Waals surface area contributed by atoms with Gasteiger partial charge in [0.05, 0.1) is 33.6 Å². The molecule has 0 bridgehead atoms. The number of para-hydroxylation sites is 2. The van der Waals surface area contributed by atoms with Gasteiger partial charge in [0.15, 0.2) is 5.16 Å². The van der Waals surface area contributed by atoms with Crippen LogP contribution in [0.5, 0.6) is 0 Å². The summed E-state index contributed by atoms with van der Waals surface area (Å²) in [5, 5.41) is 2.97. The molecule has 33 heavy (non-hydrogen) atoms. The molecule has 0 fully saturated rings. The molecule has 0 spiro atoms. The number of alkyl halides is 3. The van der Waals surface area contributed by atoms with E-state index >= 15 is 0 Å². The number of benzene rings is 3.